The quantitative estimate of drug-likeness (QED) is 0.854. The lowest BCUT2D eigenvalue weighted by molar-refractivity contribution is 0.202. The van der Waals surface area contributed by atoms with Gasteiger partial charge in [-0.05, 0) is 51.3 Å². The third-order valence-corrected chi connectivity index (χ3v) is 4.08. The van der Waals surface area contributed by atoms with Gasteiger partial charge in [-0.25, -0.2) is 0 Å². The fraction of sp³-hybridized carbons (Fsp3) is 0.769. The standard InChI is InChI=1S/C13H22N4/c1-16-6-2-3-12(10-16)17-9-11(8-15-17)7-13(14)4-5-13/h8-9,12H,2-7,10,14H2,1H3. The third kappa shape index (κ3) is 2.53. The lowest BCUT2D eigenvalue weighted by Crippen LogP contribution is -2.33. The smallest absolute Gasteiger partial charge is 0.0646 e. The van der Waals surface area contributed by atoms with E-state index in [1.807, 2.05) is 6.20 Å². The summed E-state index contributed by atoms with van der Waals surface area (Å²) in [6, 6.07) is 0.551. The van der Waals surface area contributed by atoms with E-state index in [1.165, 1.54) is 37.8 Å². The van der Waals surface area contributed by atoms with Gasteiger partial charge in [-0.2, -0.15) is 5.10 Å². The van der Waals surface area contributed by atoms with Crippen molar-refractivity contribution in [1.29, 1.82) is 0 Å². The van der Waals surface area contributed by atoms with Gasteiger partial charge in [-0.15, -0.1) is 0 Å². The van der Waals surface area contributed by atoms with Crippen LogP contribution in [0.4, 0.5) is 0 Å². The zero-order valence-corrected chi connectivity index (χ0v) is 10.6. The van der Waals surface area contributed by atoms with Gasteiger partial charge in [-0.1, -0.05) is 0 Å². The predicted octanol–water partition coefficient (Wildman–Crippen LogP) is 1.18. The van der Waals surface area contributed by atoms with Crippen molar-refractivity contribution in [1.82, 2.24) is 14.7 Å². The number of likely N-dealkylation sites (tertiary alicyclic amines) is 1. The Morgan fingerprint density at radius 3 is 3.06 bits per heavy atom. The molecule has 0 spiro atoms. The Labute approximate surface area is 103 Å². The maximum Gasteiger partial charge on any atom is 0.0646 e. The summed E-state index contributed by atoms with van der Waals surface area (Å²) < 4.78 is 2.15. The van der Waals surface area contributed by atoms with Crippen molar-refractivity contribution in [2.75, 3.05) is 20.1 Å². The molecule has 2 fully saturated rings. The molecular weight excluding hydrogens is 212 g/mol. The SMILES string of the molecule is CN1CCCC(n2cc(CC3(N)CC3)cn2)C1. The highest BCUT2D eigenvalue weighted by Crippen LogP contribution is 2.35. The Morgan fingerprint density at radius 2 is 2.35 bits per heavy atom. The summed E-state index contributed by atoms with van der Waals surface area (Å²) in [5, 5.41) is 4.52. The van der Waals surface area contributed by atoms with Crippen LogP contribution in [0.25, 0.3) is 0 Å². The molecule has 0 radical (unpaired) electrons. The molecule has 1 saturated carbocycles. The van der Waals surface area contributed by atoms with Crippen molar-refractivity contribution >= 4 is 0 Å². The van der Waals surface area contributed by atoms with E-state index in [-0.39, 0.29) is 5.54 Å². The van der Waals surface area contributed by atoms with Gasteiger partial charge in [0.1, 0.15) is 0 Å². The first-order valence-corrected chi connectivity index (χ1v) is 6.65. The minimum absolute atomic E-state index is 0.0945. The summed E-state index contributed by atoms with van der Waals surface area (Å²) in [7, 11) is 2.19. The molecule has 4 nitrogen and oxygen atoms in total. The Balaban J connectivity index is 1.66. The van der Waals surface area contributed by atoms with E-state index in [2.05, 4.69) is 27.9 Å². The highest BCUT2D eigenvalue weighted by molar-refractivity contribution is 5.15. The minimum atomic E-state index is 0.0945. The molecule has 3 rings (SSSR count). The summed E-state index contributed by atoms with van der Waals surface area (Å²) in [5.41, 5.74) is 7.54. The maximum absolute atomic E-state index is 6.14. The molecule has 17 heavy (non-hydrogen) atoms. The molecular formula is C13H22N4. The van der Waals surface area contributed by atoms with Gasteiger partial charge in [0.25, 0.3) is 0 Å². The predicted molar refractivity (Wildman–Crippen MR) is 67.9 cm³/mol. The minimum Gasteiger partial charge on any atom is -0.325 e. The highest BCUT2D eigenvalue weighted by Gasteiger charge is 2.38. The van der Waals surface area contributed by atoms with Gasteiger partial charge in [0, 0.05) is 18.3 Å². The molecule has 1 aliphatic carbocycles. The van der Waals surface area contributed by atoms with E-state index >= 15 is 0 Å². The van der Waals surface area contributed by atoms with Gasteiger partial charge < -0.3 is 10.6 Å². The van der Waals surface area contributed by atoms with Crippen LogP contribution in [-0.2, 0) is 6.42 Å². The van der Waals surface area contributed by atoms with Crippen LogP contribution in [-0.4, -0.2) is 40.4 Å². The van der Waals surface area contributed by atoms with E-state index in [1.54, 1.807) is 0 Å². The Hall–Kier alpha value is -0.870. The average Bonchev–Trinajstić information content (AvgIpc) is 2.85. The molecule has 1 atom stereocenters. The second-order valence-electron chi connectivity index (χ2n) is 5.93. The van der Waals surface area contributed by atoms with Crippen LogP contribution in [0, 0.1) is 0 Å². The van der Waals surface area contributed by atoms with Crippen LogP contribution in [0.1, 0.15) is 37.3 Å². The maximum atomic E-state index is 6.14. The fourth-order valence-electron chi connectivity index (χ4n) is 2.77. The second-order valence-corrected chi connectivity index (χ2v) is 5.93. The number of hydrogen-bond donors (Lipinski definition) is 1. The average molecular weight is 234 g/mol. The number of nitrogens with zero attached hydrogens (tertiary/aromatic N) is 3. The summed E-state index contributed by atoms with van der Waals surface area (Å²) in [5.74, 6) is 0. The largest absolute Gasteiger partial charge is 0.325 e. The summed E-state index contributed by atoms with van der Waals surface area (Å²) in [6.45, 7) is 2.34. The molecule has 0 amide bonds. The number of rotatable bonds is 3. The monoisotopic (exact) mass is 234 g/mol. The summed E-state index contributed by atoms with van der Waals surface area (Å²) in [6.07, 6.45) is 10.1. The highest BCUT2D eigenvalue weighted by atomic mass is 15.3. The van der Waals surface area contributed by atoms with Gasteiger partial charge in [-0.3, -0.25) is 4.68 Å². The molecule has 1 aliphatic heterocycles. The lowest BCUT2D eigenvalue weighted by Gasteiger charge is -2.29. The molecule has 2 heterocycles. The van der Waals surface area contributed by atoms with Crippen molar-refractivity contribution in [3.05, 3.63) is 18.0 Å². The fourth-order valence-corrected chi connectivity index (χ4v) is 2.77. The van der Waals surface area contributed by atoms with Crippen LogP contribution >= 0.6 is 0 Å². The molecule has 1 aromatic heterocycles. The molecule has 0 aromatic carbocycles. The van der Waals surface area contributed by atoms with Crippen LogP contribution in [0.15, 0.2) is 12.4 Å². The van der Waals surface area contributed by atoms with E-state index < -0.39 is 0 Å². The number of nitrogens with two attached hydrogens (primary N) is 1. The van der Waals surface area contributed by atoms with Crippen molar-refractivity contribution in [3.8, 4) is 0 Å². The third-order valence-electron chi connectivity index (χ3n) is 4.08. The van der Waals surface area contributed by atoms with Gasteiger partial charge >= 0.3 is 0 Å². The van der Waals surface area contributed by atoms with E-state index in [9.17, 15) is 0 Å². The molecule has 1 aromatic rings. The van der Waals surface area contributed by atoms with Crippen LogP contribution in [0.3, 0.4) is 0 Å². The lowest BCUT2D eigenvalue weighted by atomic mass is 10.1. The molecule has 94 valence electrons. The zero-order chi connectivity index (χ0) is 11.9. The molecule has 2 aliphatic rings. The summed E-state index contributed by atoms with van der Waals surface area (Å²) >= 11 is 0. The first-order chi connectivity index (χ1) is 8.15. The van der Waals surface area contributed by atoms with E-state index in [0.717, 1.165) is 13.0 Å². The van der Waals surface area contributed by atoms with E-state index in [0.29, 0.717) is 6.04 Å². The topological polar surface area (TPSA) is 47.1 Å². The number of likely N-dealkylation sites (N-methyl/N-ethyl adjacent to an activating group) is 1. The molecule has 4 heteroatoms. The number of aromatic nitrogens is 2. The molecule has 2 N–H and O–H groups in total. The Bertz CT molecular complexity index is 394. The first kappa shape index (κ1) is 11.2. The van der Waals surface area contributed by atoms with E-state index in [4.69, 9.17) is 5.73 Å². The van der Waals surface area contributed by atoms with Crippen LogP contribution in [0.5, 0.6) is 0 Å². The molecule has 1 unspecified atom stereocenters. The van der Waals surface area contributed by atoms with Crippen molar-refractivity contribution in [3.63, 3.8) is 0 Å². The molecule has 0 bridgehead atoms. The zero-order valence-electron chi connectivity index (χ0n) is 10.6. The van der Waals surface area contributed by atoms with Crippen molar-refractivity contribution < 1.29 is 0 Å². The van der Waals surface area contributed by atoms with Crippen molar-refractivity contribution in [2.24, 2.45) is 5.73 Å². The first-order valence-electron chi connectivity index (χ1n) is 6.65. The Morgan fingerprint density at radius 1 is 1.53 bits per heavy atom. The summed E-state index contributed by atoms with van der Waals surface area (Å²) in [4.78, 5) is 2.39. The van der Waals surface area contributed by atoms with Gasteiger partial charge in [0.2, 0.25) is 0 Å². The van der Waals surface area contributed by atoms with Gasteiger partial charge in [0.05, 0.1) is 12.2 Å². The van der Waals surface area contributed by atoms with Crippen LogP contribution < -0.4 is 5.73 Å². The van der Waals surface area contributed by atoms with Crippen molar-refractivity contribution in [2.45, 2.75) is 43.7 Å². The van der Waals surface area contributed by atoms with Gasteiger partial charge in [0.15, 0.2) is 0 Å². The van der Waals surface area contributed by atoms with Crippen LogP contribution in [0.2, 0.25) is 0 Å². The second kappa shape index (κ2) is 4.10. The number of piperidine rings is 1. The normalized spacial score (nSPS) is 28.2. The number of hydrogen-bond acceptors (Lipinski definition) is 3. The Kier molecular flexibility index (Phi) is 2.71. The molecule has 1 saturated heterocycles.